The summed E-state index contributed by atoms with van der Waals surface area (Å²) < 4.78 is 43.2. The van der Waals surface area contributed by atoms with Crippen molar-refractivity contribution in [3.05, 3.63) is 41.9 Å². The van der Waals surface area contributed by atoms with Gasteiger partial charge in [-0.15, -0.1) is 0 Å². The summed E-state index contributed by atoms with van der Waals surface area (Å²) in [5.74, 6) is 0.761. The summed E-state index contributed by atoms with van der Waals surface area (Å²) in [6.07, 6.45) is -1.72. The number of alkyl halides is 3. The van der Waals surface area contributed by atoms with Crippen LogP contribution >= 0.6 is 0 Å². The van der Waals surface area contributed by atoms with Gasteiger partial charge in [0.1, 0.15) is 11.5 Å². The third-order valence-electron chi connectivity index (χ3n) is 3.54. The van der Waals surface area contributed by atoms with Crippen molar-refractivity contribution >= 4 is 11.8 Å². The molecule has 1 fully saturated rings. The Balaban J connectivity index is 1.66. The summed E-state index contributed by atoms with van der Waals surface area (Å²) in [6, 6.07) is 4.53. The standard InChI is InChI=1S/C15H16F3N5O/c16-15(17,18)12-2-4-20-14(22-12)21-10-11-1-3-19-13(9-11)23-5-7-24-8-6-23/h1-4,9H,5-8,10H2,(H,20,21,22). The number of hydrogen-bond donors (Lipinski definition) is 1. The van der Waals surface area contributed by atoms with Crippen molar-refractivity contribution in [2.45, 2.75) is 12.7 Å². The van der Waals surface area contributed by atoms with Gasteiger partial charge in [-0.3, -0.25) is 0 Å². The molecule has 1 saturated heterocycles. The van der Waals surface area contributed by atoms with Gasteiger partial charge in [0.15, 0.2) is 0 Å². The maximum absolute atomic E-state index is 12.6. The molecule has 0 spiro atoms. The number of morpholine rings is 1. The van der Waals surface area contributed by atoms with Crippen molar-refractivity contribution in [1.82, 2.24) is 15.0 Å². The van der Waals surface area contributed by atoms with Crippen LogP contribution in [0.1, 0.15) is 11.3 Å². The first-order valence-corrected chi connectivity index (χ1v) is 7.44. The maximum atomic E-state index is 12.6. The molecule has 0 bridgehead atoms. The van der Waals surface area contributed by atoms with Crippen LogP contribution in [0.2, 0.25) is 0 Å². The molecule has 9 heteroatoms. The predicted molar refractivity (Wildman–Crippen MR) is 81.6 cm³/mol. The number of ether oxygens (including phenoxy) is 1. The number of halogens is 3. The van der Waals surface area contributed by atoms with E-state index in [1.807, 2.05) is 6.07 Å². The quantitative estimate of drug-likeness (QED) is 0.922. The number of hydrogen-bond acceptors (Lipinski definition) is 6. The lowest BCUT2D eigenvalue weighted by Crippen LogP contribution is -2.36. The molecular weight excluding hydrogens is 323 g/mol. The van der Waals surface area contributed by atoms with Gasteiger partial charge in [-0.05, 0) is 23.8 Å². The van der Waals surface area contributed by atoms with E-state index in [0.29, 0.717) is 19.8 Å². The summed E-state index contributed by atoms with van der Waals surface area (Å²) in [5.41, 5.74) is -0.0868. The van der Waals surface area contributed by atoms with E-state index in [0.717, 1.165) is 36.7 Å². The fourth-order valence-corrected chi connectivity index (χ4v) is 2.32. The molecule has 6 nitrogen and oxygen atoms in total. The topological polar surface area (TPSA) is 63.2 Å². The second kappa shape index (κ2) is 7.00. The normalized spacial score (nSPS) is 15.4. The number of aromatic nitrogens is 3. The molecule has 0 atom stereocenters. The fraction of sp³-hybridized carbons (Fsp3) is 0.400. The van der Waals surface area contributed by atoms with Crippen LogP contribution in [-0.4, -0.2) is 41.3 Å². The number of nitrogens with one attached hydrogen (secondary N) is 1. The third-order valence-corrected chi connectivity index (χ3v) is 3.54. The summed E-state index contributed by atoms with van der Waals surface area (Å²) in [5, 5.41) is 2.81. The fourth-order valence-electron chi connectivity index (χ4n) is 2.32. The van der Waals surface area contributed by atoms with Gasteiger partial charge < -0.3 is 15.0 Å². The predicted octanol–water partition coefficient (Wildman–Crippen LogP) is 2.34. The van der Waals surface area contributed by atoms with Crippen LogP contribution < -0.4 is 10.2 Å². The van der Waals surface area contributed by atoms with Crippen molar-refractivity contribution in [3.63, 3.8) is 0 Å². The van der Waals surface area contributed by atoms with E-state index in [4.69, 9.17) is 4.74 Å². The van der Waals surface area contributed by atoms with Crippen LogP contribution in [0.15, 0.2) is 30.6 Å². The van der Waals surface area contributed by atoms with Crippen LogP contribution in [-0.2, 0) is 17.5 Å². The third kappa shape index (κ3) is 4.10. The van der Waals surface area contributed by atoms with Crippen molar-refractivity contribution in [1.29, 1.82) is 0 Å². The van der Waals surface area contributed by atoms with Crippen LogP contribution in [0, 0.1) is 0 Å². The molecule has 24 heavy (non-hydrogen) atoms. The molecule has 3 heterocycles. The van der Waals surface area contributed by atoms with E-state index < -0.39 is 11.9 Å². The van der Waals surface area contributed by atoms with E-state index >= 15 is 0 Å². The van der Waals surface area contributed by atoms with Crippen LogP contribution in [0.25, 0.3) is 0 Å². The molecule has 128 valence electrons. The minimum absolute atomic E-state index is 0.0606. The summed E-state index contributed by atoms with van der Waals surface area (Å²) >= 11 is 0. The second-order valence-corrected chi connectivity index (χ2v) is 5.24. The lowest BCUT2D eigenvalue weighted by atomic mass is 10.2. The summed E-state index contributed by atoms with van der Waals surface area (Å²) in [4.78, 5) is 13.7. The van der Waals surface area contributed by atoms with Gasteiger partial charge >= 0.3 is 6.18 Å². The second-order valence-electron chi connectivity index (χ2n) is 5.24. The zero-order valence-corrected chi connectivity index (χ0v) is 12.8. The Bertz CT molecular complexity index is 689. The Hall–Kier alpha value is -2.42. The minimum Gasteiger partial charge on any atom is -0.378 e. The van der Waals surface area contributed by atoms with Gasteiger partial charge in [-0.2, -0.15) is 13.2 Å². The molecule has 3 rings (SSSR count). The molecule has 0 amide bonds. The molecule has 2 aromatic heterocycles. The van der Waals surface area contributed by atoms with Crippen molar-refractivity contribution in [2.24, 2.45) is 0 Å². The molecule has 1 aliphatic heterocycles. The van der Waals surface area contributed by atoms with Crippen LogP contribution in [0.3, 0.4) is 0 Å². The first-order chi connectivity index (χ1) is 11.5. The molecular formula is C15H16F3N5O. The Morgan fingerprint density at radius 1 is 1.12 bits per heavy atom. The van der Waals surface area contributed by atoms with Crippen LogP contribution in [0.4, 0.5) is 24.9 Å². The molecule has 1 N–H and O–H groups in total. The molecule has 0 aliphatic carbocycles. The highest BCUT2D eigenvalue weighted by molar-refractivity contribution is 5.42. The highest BCUT2D eigenvalue weighted by Crippen LogP contribution is 2.27. The zero-order valence-electron chi connectivity index (χ0n) is 12.8. The number of anilines is 2. The van der Waals surface area contributed by atoms with E-state index in [1.165, 1.54) is 0 Å². The zero-order chi connectivity index (χ0) is 17.0. The van der Waals surface area contributed by atoms with Gasteiger partial charge in [0.05, 0.1) is 13.2 Å². The van der Waals surface area contributed by atoms with E-state index in [-0.39, 0.29) is 5.95 Å². The lowest BCUT2D eigenvalue weighted by molar-refractivity contribution is -0.141. The Morgan fingerprint density at radius 2 is 1.88 bits per heavy atom. The van der Waals surface area contributed by atoms with Crippen molar-refractivity contribution in [3.8, 4) is 0 Å². The van der Waals surface area contributed by atoms with Crippen molar-refractivity contribution < 1.29 is 17.9 Å². The lowest BCUT2D eigenvalue weighted by Gasteiger charge is -2.28. The van der Waals surface area contributed by atoms with Crippen molar-refractivity contribution in [2.75, 3.05) is 36.5 Å². The van der Waals surface area contributed by atoms with Crippen LogP contribution in [0.5, 0.6) is 0 Å². The molecule has 0 unspecified atom stereocenters. The highest BCUT2D eigenvalue weighted by Gasteiger charge is 2.32. The largest absolute Gasteiger partial charge is 0.433 e. The molecule has 0 saturated carbocycles. The average molecular weight is 339 g/mol. The molecule has 1 aliphatic rings. The minimum atomic E-state index is -4.49. The summed E-state index contributed by atoms with van der Waals surface area (Å²) in [6.45, 7) is 3.15. The Labute approximate surface area is 136 Å². The smallest absolute Gasteiger partial charge is 0.378 e. The molecule has 0 radical (unpaired) electrons. The van der Waals surface area contributed by atoms with E-state index in [9.17, 15) is 13.2 Å². The average Bonchev–Trinajstić information content (AvgIpc) is 2.61. The van der Waals surface area contributed by atoms with Gasteiger partial charge in [0.2, 0.25) is 5.95 Å². The van der Waals surface area contributed by atoms with Gasteiger partial charge in [-0.1, -0.05) is 0 Å². The first kappa shape index (κ1) is 16.4. The Kier molecular flexibility index (Phi) is 4.79. The number of rotatable bonds is 4. The first-order valence-electron chi connectivity index (χ1n) is 7.44. The highest BCUT2D eigenvalue weighted by atomic mass is 19.4. The van der Waals surface area contributed by atoms with Gasteiger partial charge in [0.25, 0.3) is 0 Å². The van der Waals surface area contributed by atoms with E-state index in [1.54, 1.807) is 12.3 Å². The SMILES string of the molecule is FC(F)(F)c1ccnc(NCc2ccnc(N3CCOCC3)c2)n1. The Morgan fingerprint density at radius 3 is 2.62 bits per heavy atom. The maximum Gasteiger partial charge on any atom is 0.433 e. The number of nitrogens with zero attached hydrogens (tertiary/aromatic N) is 4. The molecule has 2 aromatic rings. The monoisotopic (exact) mass is 339 g/mol. The summed E-state index contributed by atoms with van der Waals surface area (Å²) in [7, 11) is 0. The van der Waals surface area contributed by atoms with E-state index in [2.05, 4.69) is 25.2 Å². The number of pyridine rings is 1. The molecule has 0 aromatic carbocycles. The van der Waals surface area contributed by atoms with Gasteiger partial charge in [0, 0.05) is 32.0 Å². The van der Waals surface area contributed by atoms with Gasteiger partial charge in [-0.25, -0.2) is 15.0 Å².